The highest BCUT2D eigenvalue weighted by Gasteiger charge is 2.27. The van der Waals surface area contributed by atoms with Gasteiger partial charge in [-0.3, -0.25) is 0 Å². The van der Waals surface area contributed by atoms with E-state index in [4.69, 9.17) is 4.74 Å². The molecule has 0 saturated carbocycles. The molecule has 1 aliphatic heterocycles. The minimum absolute atomic E-state index is 0.0123. The molecule has 3 nitrogen and oxygen atoms in total. The molecule has 1 aliphatic rings. The van der Waals surface area contributed by atoms with Crippen molar-refractivity contribution in [2.45, 2.75) is 12.3 Å². The van der Waals surface area contributed by atoms with Crippen molar-refractivity contribution in [1.82, 2.24) is 5.32 Å². The van der Waals surface area contributed by atoms with Crippen molar-refractivity contribution in [3.05, 3.63) is 0 Å². The van der Waals surface area contributed by atoms with Crippen LogP contribution in [0.15, 0.2) is 0 Å². The fourth-order valence-electron chi connectivity index (χ4n) is 0.682. The Kier molecular flexibility index (Phi) is 3.30. The number of alkyl halides is 3. The van der Waals surface area contributed by atoms with E-state index in [1.165, 1.54) is 0 Å². The van der Waals surface area contributed by atoms with E-state index in [1.54, 1.807) is 0 Å². The summed E-state index contributed by atoms with van der Waals surface area (Å²) >= 11 is 0. The van der Waals surface area contributed by atoms with Crippen LogP contribution in [-0.2, 0) is 9.47 Å². The lowest BCUT2D eigenvalue weighted by atomic mass is 10.2. The van der Waals surface area contributed by atoms with E-state index in [-0.39, 0.29) is 12.9 Å². The lowest BCUT2D eigenvalue weighted by molar-refractivity contribution is -0.205. The summed E-state index contributed by atoms with van der Waals surface area (Å²) in [6.07, 6.45) is -4.25. The van der Waals surface area contributed by atoms with E-state index in [9.17, 15) is 13.2 Å². The second-order valence-electron chi connectivity index (χ2n) is 2.53. The molecule has 12 heavy (non-hydrogen) atoms. The third kappa shape index (κ3) is 3.89. The summed E-state index contributed by atoms with van der Waals surface area (Å²) in [5.74, 6) is 0. The highest BCUT2D eigenvalue weighted by atomic mass is 19.4. The average Bonchev–Trinajstić information content (AvgIpc) is 1.80. The molecule has 0 atom stereocenters. The molecule has 1 fully saturated rings. The van der Waals surface area contributed by atoms with Crippen molar-refractivity contribution in [1.29, 1.82) is 0 Å². The molecule has 0 aromatic carbocycles. The number of ether oxygens (including phenoxy) is 2. The van der Waals surface area contributed by atoms with Gasteiger partial charge in [0.1, 0.15) is 13.4 Å². The molecule has 0 spiro atoms. The first-order valence-corrected chi connectivity index (χ1v) is 3.55. The van der Waals surface area contributed by atoms with E-state index in [1.807, 2.05) is 0 Å². The topological polar surface area (TPSA) is 30.5 Å². The molecule has 1 saturated heterocycles. The Hall–Kier alpha value is -0.330. The maximum Gasteiger partial charge on any atom is 0.411 e. The van der Waals surface area contributed by atoms with Crippen LogP contribution in [0.2, 0.25) is 0 Å². The lowest BCUT2D eigenvalue weighted by Gasteiger charge is -2.26. The molecule has 1 N–H and O–H groups in total. The van der Waals surface area contributed by atoms with Gasteiger partial charge >= 0.3 is 6.18 Å². The standard InChI is InChI=1S/C6H10F3NO2/c7-6(8,9)3-11-4-12-5-1-10-2-5/h5,10H,1-4H2. The van der Waals surface area contributed by atoms with Crippen molar-refractivity contribution in [2.24, 2.45) is 0 Å². The Morgan fingerprint density at radius 2 is 2.00 bits per heavy atom. The molecule has 1 heterocycles. The zero-order valence-electron chi connectivity index (χ0n) is 6.36. The zero-order chi connectivity index (χ0) is 9.03. The summed E-state index contributed by atoms with van der Waals surface area (Å²) in [5.41, 5.74) is 0. The van der Waals surface area contributed by atoms with Crippen LogP contribution in [0.4, 0.5) is 13.2 Å². The van der Waals surface area contributed by atoms with Crippen LogP contribution in [0.3, 0.4) is 0 Å². The maximum atomic E-state index is 11.5. The fraction of sp³-hybridized carbons (Fsp3) is 1.00. The summed E-state index contributed by atoms with van der Waals surface area (Å²) in [6.45, 7) is -0.149. The molecule has 1 rings (SSSR count). The number of hydrogen-bond donors (Lipinski definition) is 1. The predicted molar refractivity (Wildman–Crippen MR) is 34.6 cm³/mol. The minimum Gasteiger partial charge on any atom is -0.350 e. The van der Waals surface area contributed by atoms with E-state index < -0.39 is 12.8 Å². The number of halogens is 3. The van der Waals surface area contributed by atoms with Crippen molar-refractivity contribution < 1.29 is 22.6 Å². The van der Waals surface area contributed by atoms with Gasteiger partial charge in [0.2, 0.25) is 0 Å². The van der Waals surface area contributed by atoms with Gasteiger partial charge in [-0.05, 0) is 0 Å². The van der Waals surface area contributed by atoms with Crippen LogP contribution in [0.1, 0.15) is 0 Å². The second kappa shape index (κ2) is 4.06. The van der Waals surface area contributed by atoms with Crippen molar-refractivity contribution in [2.75, 3.05) is 26.5 Å². The van der Waals surface area contributed by atoms with Crippen molar-refractivity contribution in [3.8, 4) is 0 Å². The van der Waals surface area contributed by atoms with Gasteiger partial charge in [0, 0.05) is 13.1 Å². The van der Waals surface area contributed by atoms with E-state index in [2.05, 4.69) is 10.1 Å². The quantitative estimate of drug-likeness (QED) is 0.511. The largest absolute Gasteiger partial charge is 0.411 e. The van der Waals surface area contributed by atoms with Gasteiger partial charge in [-0.2, -0.15) is 13.2 Å². The predicted octanol–water partition coefficient (Wildman–Crippen LogP) is 0.511. The van der Waals surface area contributed by atoms with Gasteiger partial charge in [-0.15, -0.1) is 0 Å². The van der Waals surface area contributed by atoms with E-state index in [0.29, 0.717) is 13.1 Å². The normalized spacial score (nSPS) is 19.2. The Morgan fingerprint density at radius 3 is 2.42 bits per heavy atom. The Morgan fingerprint density at radius 1 is 1.33 bits per heavy atom. The Labute approximate surface area is 67.8 Å². The SMILES string of the molecule is FC(F)(F)COCOC1CNC1. The minimum atomic E-state index is -4.26. The second-order valence-corrected chi connectivity index (χ2v) is 2.53. The smallest absolute Gasteiger partial charge is 0.350 e. The molecule has 0 unspecified atom stereocenters. The van der Waals surface area contributed by atoms with Gasteiger partial charge < -0.3 is 14.8 Å². The van der Waals surface area contributed by atoms with Crippen LogP contribution >= 0.6 is 0 Å². The van der Waals surface area contributed by atoms with Gasteiger partial charge in [0.05, 0.1) is 6.10 Å². The number of nitrogens with one attached hydrogen (secondary N) is 1. The monoisotopic (exact) mass is 185 g/mol. The van der Waals surface area contributed by atoms with Crippen molar-refractivity contribution >= 4 is 0 Å². The molecule has 0 aliphatic carbocycles. The molecular weight excluding hydrogens is 175 g/mol. The van der Waals surface area contributed by atoms with Crippen LogP contribution in [0.25, 0.3) is 0 Å². The third-order valence-corrected chi connectivity index (χ3v) is 1.40. The Balaban J connectivity index is 1.88. The van der Waals surface area contributed by atoms with Gasteiger partial charge in [-0.1, -0.05) is 0 Å². The van der Waals surface area contributed by atoms with E-state index in [0.717, 1.165) is 0 Å². The Bertz CT molecular complexity index is 135. The maximum absolute atomic E-state index is 11.5. The number of rotatable bonds is 4. The van der Waals surface area contributed by atoms with Crippen LogP contribution in [0, 0.1) is 0 Å². The zero-order valence-corrected chi connectivity index (χ0v) is 6.36. The summed E-state index contributed by atoms with van der Waals surface area (Å²) in [5, 5.41) is 2.92. The highest BCUT2D eigenvalue weighted by molar-refractivity contribution is 4.73. The first-order valence-electron chi connectivity index (χ1n) is 3.55. The summed E-state index contributed by atoms with van der Waals surface area (Å²) in [7, 11) is 0. The molecule has 0 amide bonds. The van der Waals surface area contributed by atoms with Crippen LogP contribution < -0.4 is 5.32 Å². The molecule has 0 radical (unpaired) electrons. The molecular formula is C6H10F3NO2. The van der Waals surface area contributed by atoms with Crippen LogP contribution in [0.5, 0.6) is 0 Å². The molecule has 72 valence electrons. The molecule has 0 aromatic heterocycles. The summed E-state index contributed by atoms with van der Waals surface area (Å²) in [6, 6.07) is 0. The van der Waals surface area contributed by atoms with Crippen LogP contribution in [-0.4, -0.2) is 38.8 Å². The van der Waals surface area contributed by atoms with Crippen molar-refractivity contribution in [3.63, 3.8) is 0 Å². The van der Waals surface area contributed by atoms with Gasteiger partial charge in [0.25, 0.3) is 0 Å². The highest BCUT2D eigenvalue weighted by Crippen LogP contribution is 2.14. The molecule has 0 aromatic rings. The fourth-order valence-corrected chi connectivity index (χ4v) is 0.682. The molecule has 6 heteroatoms. The average molecular weight is 185 g/mol. The lowest BCUT2D eigenvalue weighted by Crippen LogP contribution is -2.48. The van der Waals surface area contributed by atoms with E-state index >= 15 is 0 Å². The van der Waals surface area contributed by atoms with Gasteiger partial charge in [-0.25, -0.2) is 0 Å². The summed E-state index contributed by atoms with van der Waals surface area (Å²) < 4.78 is 43.6. The first-order chi connectivity index (χ1) is 5.58. The number of hydrogen-bond acceptors (Lipinski definition) is 3. The van der Waals surface area contributed by atoms with Gasteiger partial charge in [0.15, 0.2) is 0 Å². The molecule has 0 bridgehead atoms. The first kappa shape index (κ1) is 9.76. The summed E-state index contributed by atoms with van der Waals surface area (Å²) in [4.78, 5) is 0. The third-order valence-electron chi connectivity index (χ3n) is 1.40.